The molecule has 3 rings (SSSR count). The number of allylic oxidation sites excluding steroid dienone is 2. The van der Waals surface area contributed by atoms with Crippen LogP contribution in [-0.2, 0) is 6.42 Å². The third-order valence-corrected chi connectivity index (χ3v) is 7.13. The van der Waals surface area contributed by atoms with E-state index in [1.54, 1.807) is 11.8 Å². The zero-order chi connectivity index (χ0) is 15.1. The van der Waals surface area contributed by atoms with E-state index in [1.807, 2.05) is 6.26 Å². The summed E-state index contributed by atoms with van der Waals surface area (Å²) in [4.78, 5) is 0. The van der Waals surface area contributed by atoms with E-state index in [2.05, 4.69) is 39.8 Å². The lowest BCUT2D eigenvalue weighted by atomic mass is 9.47. The fourth-order valence-corrected chi connectivity index (χ4v) is 5.18. The van der Waals surface area contributed by atoms with Crippen molar-refractivity contribution in [3.63, 3.8) is 0 Å². The van der Waals surface area contributed by atoms with Crippen LogP contribution in [0, 0.1) is 22.7 Å². The standard InChI is InChI=1S/C20H30O/c1-15-6-5-7-18-19(15,3)11-8-16(2)20(18,4)12-9-17-10-13-21-14-17/h6,10,13-14,16,18H,5,7-9,11-12H2,1-4H3/t16-,18+,19+,20+/m0/s1. The van der Waals surface area contributed by atoms with Gasteiger partial charge in [0, 0.05) is 0 Å². The highest BCUT2D eigenvalue weighted by atomic mass is 16.3. The molecule has 1 nitrogen and oxygen atoms in total. The summed E-state index contributed by atoms with van der Waals surface area (Å²) >= 11 is 0. The van der Waals surface area contributed by atoms with E-state index in [0.717, 1.165) is 18.3 Å². The highest BCUT2D eigenvalue weighted by Crippen LogP contribution is 2.61. The second kappa shape index (κ2) is 5.34. The van der Waals surface area contributed by atoms with Gasteiger partial charge < -0.3 is 4.42 Å². The third-order valence-electron chi connectivity index (χ3n) is 7.13. The van der Waals surface area contributed by atoms with Crippen LogP contribution in [0.15, 0.2) is 34.7 Å². The van der Waals surface area contributed by atoms with Gasteiger partial charge in [0.15, 0.2) is 0 Å². The van der Waals surface area contributed by atoms with E-state index in [4.69, 9.17) is 4.42 Å². The minimum atomic E-state index is 0.440. The molecule has 0 unspecified atom stereocenters. The smallest absolute Gasteiger partial charge is 0.0934 e. The van der Waals surface area contributed by atoms with E-state index in [0.29, 0.717) is 10.8 Å². The zero-order valence-corrected chi connectivity index (χ0v) is 14.1. The lowest BCUT2D eigenvalue weighted by Gasteiger charge is -2.58. The molecule has 4 atom stereocenters. The molecule has 2 aliphatic carbocycles. The molecule has 0 N–H and O–H groups in total. The van der Waals surface area contributed by atoms with Crippen molar-refractivity contribution in [2.75, 3.05) is 0 Å². The van der Waals surface area contributed by atoms with Gasteiger partial charge in [0.2, 0.25) is 0 Å². The Morgan fingerprint density at radius 3 is 2.81 bits per heavy atom. The normalized spacial score (nSPS) is 39.7. The maximum Gasteiger partial charge on any atom is 0.0934 e. The second-order valence-electron chi connectivity index (χ2n) is 8.01. The summed E-state index contributed by atoms with van der Waals surface area (Å²) in [5.74, 6) is 1.67. The molecule has 0 aromatic carbocycles. The average Bonchev–Trinajstić information content (AvgIpc) is 2.97. The van der Waals surface area contributed by atoms with Gasteiger partial charge in [0.05, 0.1) is 12.5 Å². The summed E-state index contributed by atoms with van der Waals surface area (Å²) in [6.07, 6.45) is 14.1. The summed E-state index contributed by atoms with van der Waals surface area (Å²) in [6, 6.07) is 2.13. The van der Waals surface area contributed by atoms with Gasteiger partial charge in [0.1, 0.15) is 0 Å². The van der Waals surface area contributed by atoms with Crippen molar-refractivity contribution in [1.82, 2.24) is 0 Å². The van der Waals surface area contributed by atoms with E-state index in [9.17, 15) is 0 Å². The van der Waals surface area contributed by atoms with Crippen molar-refractivity contribution >= 4 is 0 Å². The van der Waals surface area contributed by atoms with Gasteiger partial charge in [-0.15, -0.1) is 0 Å². The van der Waals surface area contributed by atoms with Gasteiger partial charge in [-0.25, -0.2) is 0 Å². The first kappa shape index (κ1) is 14.9. The number of hydrogen-bond donors (Lipinski definition) is 0. The predicted octanol–water partition coefficient (Wildman–Crippen LogP) is 6.01. The molecule has 1 heteroatoms. The summed E-state index contributed by atoms with van der Waals surface area (Å²) in [7, 11) is 0. The SMILES string of the molecule is CC1=CCC[C@H]2[C@](C)(CCc3ccoc3)[C@@H](C)CC[C@]12C. The second-order valence-corrected chi connectivity index (χ2v) is 8.01. The first-order valence-corrected chi connectivity index (χ1v) is 8.65. The summed E-state index contributed by atoms with van der Waals surface area (Å²) in [5, 5.41) is 0. The van der Waals surface area contributed by atoms with Gasteiger partial charge in [-0.2, -0.15) is 0 Å². The van der Waals surface area contributed by atoms with Crippen LogP contribution in [0.2, 0.25) is 0 Å². The minimum Gasteiger partial charge on any atom is -0.472 e. The molecule has 0 spiro atoms. The Morgan fingerprint density at radius 2 is 2.10 bits per heavy atom. The van der Waals surface area contributed by atoms with Gasteiger partial charge in [-0.3, -0.25) is 0 Å². The number of aryl methyl sites for hydroxylation is 1. The molecule has 21 heavy (non-hydrogen) atoms. The molecular formula is C20H30O. The number of hydrogen-bond acceptors (Lipinski definition) is 1. The Balaban J connectivity index is 1.85. The van der Waals surface area contributed by atoms with Gasteiger partial charge in [-0.05, 0) is 79.7 Å². The van der Waals surface area contributed by atoms with Crippen molar-refractivity contribution in [3.8, 4) is 0 Å². The summed E-state index contributed by atoms with van der Waals surface area (Å²) < 4.78 is 5.25. The molecule has 1 aromatic heterocycles. The summed E-state index contributed by atoms with van der Waals surface area (Å²) in [6.45, 7) is 9.96. The Kier molecular flexibility index (Phi) is 3.80. The molecule has 1 aromatic rings. The van der Waals surface area contributed by atoms with Gasteiger partial charge in [-0.1, -0.05) is 32.4 Å². The Morgan fingerprint density at radius 1 is 1.29 bits per heavy atom. The lowest BCUT2D eigenvalue weighted by molar-refractivity contribution is -0.0466. The molecular weight excluding hydrogens is 256 g/mol. The van der Waals surface area contributed by atoms with Crippen LogP contribution >= 0.6 is 0 Å². The molecule has 2 aliphatic rings. The van der Waals surface area contributed by atoms with Crippen molar-refractivity contribution in [2.24, 2.45) is 22.7 Å². The summed E-state index contributed by atoms with van der Waals surface area (Å²) in [5.41, 5.74) is 3.91. The van der Waals surface area contributed by atoms with Crippen LogP contribution in [0.1, 0.15) is 65.4 Å². The van der Waals surface area contributed by atoms with E-state index in [1.165, 1.54) is 37.7 Å². The number of rotatable bonds is 3. The van der Waals surface area contributed by atoms with Gasteiger partial charge in [0.25, 0.3) is 0 Å². The monoisotopic (exact) mass is 286 g/mol. The van der Waals surface area contributed by atoms with Crippen LogP contribution in [-0.4, -0.2) is 0 Å². The molecule has 1 fully saturated rings. The lowest BCUT2D eigenvalue weighted by Crippen LogP contribution is -2.49. The van der Waals surface area contributed by atoms with Gasteiger partial charge >= 0.3 is 0 Å². The Hall–Kier alpha value is -0.980. The maximum atomic E-state index is 5.25. The Labute approximate surface area is 129 Å². The van der Waals surface area contributed by atoms with Crippen molar-refractivity contribution in [1.29, 1.82) is 0 Å². The molecule has 0 radical (unpaired) electrons. The van der Waals surface area contributed by atoms with Crippen LogP contribution in [0.3, 0.4) is 0 Å². The first-order chi connectivity index (χ1) is 9.97. The molecule has 0 aliphatic heterocycles. The maximum absolute atomic E-state index is 5.25. The highest BCUT2D eigenvalue weighted by Gasteiger charge is 2.52. The molecule has 0 bridgehead atoms. The van der Waals surface area contributed by atoms with Crippen LogP contribution in [0.4, 0.5) is 0 Å². The molecule has 1 saturated carbocycles. The van der Waals surface area contributed by atoms with Crippen molar-refractivity contribution < 1.29 is 4.42 Å². The van der Waals surface area contributed by atoms with Crippen LogP contribution in [0.25, 0.3) is 0 Å². The highest BCUT2D eigenvalue weighted by molar-refractivity contribution is 5.21. The van der Waals surface area contributed by atoms with E-state index >= 15 is 0 Å². The average molecular weight is 286 g/mol. The fourth-order valence-electron chi connectivity index (χ4n) is 5.18. The number of fused-ring (bicyclic) bond motifs is 1. The van der Waals surface area contributed by atoms with Crippen LogP contribution < -0.4 is 0 Å². The quantitative estimate of drug-likeness (QED) is 0.620. The minimum absolute atomic E-state index is 0.440. The topological polar surface area (TPSA) is 13.1 Å². The Bertz CT molecular complexity index is 512. The predicted molar refractivity (Wildman–Crippen MR) is 88.1 cm³/mol. The largest absolute Gasteiger partial charge is 0.472 e. The van der Waals surface area contributed by atoms with Crippen molar-refractivity contribution in [2.45, 2.75) is 66.2 Å². The molecule has 1 heterocycles. The number of furan rings is 1. The van der Waals surface area contributed by atoms with Crippen molar-refractivity contribution in [3.05, 3.63) is 35.8 Å². The van der Waals surface area contributed by atoms with E-state index < -0.39 is 0 Å². The fraction of sp³-hybridized carbons (Fsp3) is 0.700. The zero-order valence-electron chi connectivity index (χ0n) is 14.1. The molecule has 116 valence electrons. The third kappa shape index (κ3) is 2.39. The van der Waals surface area contributed by atoms with E-state index in [-0.39, 0.29) is 0 Å². The van der Waals surface area contributed by atoms with Crippen LogP contribution in [0.5, 0.6) is 0 Å². The first-order valence-electron chi connectivity index (χ1n) is 8.65. The molecule has 0 saturated heterocycles. The molecule has 0 amide bonds.